The van der Waals surface area contributed by atoms with Crippen LogP contribution in [0.3, 0.4) is 0 Å². The number of ether oxygens (including phenoxy) is 5. The lowest BCUT2D eigenvalue weighted by Crippen LogP contribution is -2.78. The first kappa shape index (κ1) is 42.0. The molecule has 3 fully saturated rings. The highest BCUT2D eigenvalue weighted by molar-refractivity contribution is 5.96. The minimum atomic E-state index is -2.26. The van der Waals surface area contributed by atoms with E-state index in [2.05, 4.69) is 10.6 Å². The Morgan fingerprint density at radius 2 is 1.61 bits per heavy atom. The SMILES string of the molecule is CC(=O)O[C@H]1C(=O)[C@]2(C)C=C[C@H]3OC[C@@]3(OC(C)=O)[C@H]2[C@H](OC(=O)c2ccccc2)[C@]2(O)C[C@H](OC(=O)[C@H](O)[C@@H](NC(=O)NC(C)(C)C)C3CC3)C(C)=C1C2(C)C. The second-order valence-electron chi connectivity index (χ2n) is 17.9. The molecule has 0 aromatic heterocycles. The number of esters is 4. The van der Waals surface area contributed by atoms with Gasteiger partial charge in [0.05, 0.1) is 29.5 Å². The average molecular weight is 795 g/mol. The first-order valence-corrected chi connectivity index (χ1v) is 19.4. The number of aliphatic hydroxyl groups is 2. The normalized spacial score (nSPS) is 33.7. The summed E-state index contributed by atoms with van der Waals surface area (Å²) < 4.78 is 30.2. The Morgan fingerprint density at radius 3 is 2.16 bits per heavy atom. The topological polar surface area (TPSA) is 213 Å². The highest BCUT2D eigenvalue weighted by atomic mass is 16.6. The van der Waals surface area contributed by atoms with Crippen LogP contribution >= 0.6 is 0 Å². The van der Waals surface area contributed by atoms with Gasteiger partial charge in [0.25, 0.3) is 0 Å². The quantitative estimate of drug-likeness (QED) is 0.161. The number of Topliss-reactive ketones (excluding diaryl/α,β-unsaturated/α-hetero) is 1. The average Bonchev–Trinajstić information content (AvgIpc) is 3.94. The molecule has 1 aliphatic heterocycles. The van der Waals surface area contributed by atoms with Crippen LogP contribution in [-0.4, -0.2) is 106 Å². The molecule has 10 atom stereocenters. The van der Waals surface area contributed by atoms with Gasteiger partial charge in [0, 0.05) is 31.2 Å². The highest BCUT2D eigenvalue weighted by Gasteiger charge is 2.75. The summed E-state index contributed by atoms with van der Waals surface area (Å²) in [6.07, 6.45) is -3.47. The van der Waals surface area contributed by atoms with Crippen molar-refractivity contribution in [2.24, 2.45) is 22.7 Å². The first-order valence-electron chi connectivity index (χ1n) is 19.4. The van der Waals surface area contributed by atoms with Crippen molar-refractivity contribution >= 4 is 35.7 Å². The largest absolute Gasteiger partial charge is 0.456 e. The van der Waals surface area contributed by atoms with E-state index in [0.29, 0.717) is 12.8 Å². The summed E-state index contributed by atoms with van der Waals surface area (Å²) in [7, 11) is 0. The number of hydrogen-bond donors (Lipinski definition) is 4. The molecule has 4 N–H and O–H groups in total. The van der Waals surface area contributed by atoms with Crippen molar-refractivity contribution < 1.29 is 62.7 Å². The number of carbonyl (C=O) groups excluding carboxylic acids is 6. The van der Waals surface area contributed by atoms with Gasteiger partial charge in [-0.25, -0.2) is 14.4 Å². The van der Waals surface area contributed by atoms with E-state index in [9.17, 15) is 34.2 Å². The van der Waals surface area contributed by atoms with E-state index in [1.165, 1.54) is 19.1 Å². The van der Waals surface area contributed by atoms with Crippen molar-refractivity contribution in [3.8, 4) is 0 Å². The molecule has 2 amide bonds. The zero-order valence-electron chi connectivity index (χ0n) is 33.9. The summed E-state index contributed by atoms with van der Waals surface area (Å²) >= 11 is 0. The van der Waals surface area contributed by atoms with E-state index in [1.807, 2.05) is 0 Å². The van der Waals surface area contributed by atoms with Gasteiger partial charge in [-0.1, -0.05) is 44.2 Å². The Hall–Kier alpha value is -4.60. The molecule has 15 nitrogen and oxygen atoms in total. The van der Waals surface area contributed by atoms with Crippen molar-refractivity contribution in [2.75, 3.05) is 6.61 Å². The molecular formula is C42H54N2O13. The Kier molecular flexibility index (Phi) is 10.8. The number of fused-ring (bicyclic) bond motifs is 5. The van der Waals surface area contributed by atoms with Crippen LogP contribution in [0.1, 0.15) is 91.9 Å². The standard InChI is InChI=1S/C42H54N2O13/c1-21-26(55-36(50)30(47)29(24-15-16-24)43-37(51)44-38(4,5)6)19-42(52)34(56-35(49)25-13-11-10-12-14-25)32-40(9,18-17-27-41(32,20-53-27)57-23(3)46)33(48)31(54-22(2)45)28(21)39(42,7)8/h10-14,17-18,24,26-27,29-32,34,47,52H,15-16,19-20H2,1-9H3,(H2,43,44,51)/t26-,27+,29-,30+,31+,32-,34-,40+,41-,42+/m0/s1. The molecule has 1 heterocycles. The van der Waals surface area contributed by atoms with Crippen LogP contribution in [0.2, 0.25) is 0 Å². The van der Waals surface area contributed by atoms with Crippen LogP contribution in [0.4, 0.5) is 4.79 Å². The van der Waals surface area contributed by atoms with E-state index >= 15 is 4.79 Å². The van der Waals surface area contributed by atoms with Crippen LogP contribution in [0.15, 0.2) is 53.6 Å². The van der Waals surface area contributed by atoms with Gasteiger partial charge >= 0.3 is 29.9 Å². The van der Waals surface area contributed by atoms with Gasteiger partial charge in [-0.3, -0.25) is 14.4 Å². The van der Waals surface area contributed by atoms with Crippen LogP contribution in [0, 0.1) is 22.7 Å². The smallest absolute Gasteiger partial charge is 0.338 e. The fraction of sp³-hybridized carbons (Fsp3) is 0.619. The lowest BCUT2D eigenvalue weighted by atomic mass is 9.46. The molecule has 6 rings (SSSR count). The van der Waals surface area contributed by atoms with Crippen LogP contribution < -0.4 is 10.6 Å². The van der Waals surface area contributed by atoms with Crippen molar-refractivity contribution in [2.45, 2.75) is 135 Å². The number of urea groups is 1. The van der Waals surface area contributed by atoms with Gasteiger partial charge < -0.3 is 44.5 Å². The zero-order chi connectivity index (χ0) is 42.0. The van der Waals surface area contributed by atoms with Crippen molar-refractivity contribution in [1.29, 1.82) is 0 Å². The van der Waals surface area contributed by atoms with Crippen molar-refractivity contribution in [3.63, 3.8) is 0 Å². The predicted molar refractivity (Wildman–Crippen MR) is 201 cm³/mol. The molecule has 4 aliphatic carbocycles. The molecule has 57 heavy (non-hydrogen) atoms. The van der Waals surface area contributed by atoms with Crippen molar-refractivity contribution in [1.82, 2.24) is 10.6 Å². The van der Waals surface area contributed by atoms with E-state index in [-0.39, 0.29) is 29.2 Å². The van der Waals surface area contributed by atoms with Gasteiger partial charge in [0.1, 0.15) is 23.9 Å². The number of carbonyl (C=O) groups is 6. The van der Waals surface area contributed by atoms with Gasteiger partial charge in [0.15, 0.2) is 23.6 Å². The van der Waals surface area contributed by atoms with Crippen LogP contribution in [-0.2, 0) is 42.9 Å². The molecule has 15 heteroatoms. The highest BCUT2D eigenvalue weighted by Crippen LogP contribution is 2.63. The number of benzene rings is 1. The molecule has 0 spiro atoms. The summed E-state index contributed by atoms with van der Waals surface area (Å²) in [6.45, 7) is 13.8. The molecule has 1 aromatic rings. The summed E-state index contributed by atoms with van der Waals surface area (Å²) in [6, 6.07) is 6.42. The Labute approximate surface area is 331 Å². The number of rotatable bonds is 9. The van der Waals surface area contributed by atoms with Gasteiger partial charge in [-0.2, -0.15) is 0 Å². The summed E-state index contributed by atoms with van der Waals surface area (Å²) in [5.74, 6) is -5.73. The van der Waals surface area contributed by atoms with Gasteiger partial charge in [-0.15, -0.1) is 0 Å². The number of allylic oxidation sites excluding steroid dienone is 1. The third-order valence-corrected chi connectivity index (χ3v) is 12.3. The minimum Gasteiger partial charge on any atom is -0.456 e. The molecular weight excluding hydrogens is 740 g/mol. The second-order valence-corrected chi connectivity index (χ2v) is 17.9. The van der Waals surface area contributed by atoms with E-state index < -0.39 is 112 Å². The predicted octanol–water partition coefficient (Wildman–Crippen LogP) is 3.25. The number of amides is 2. The lowest BCUT2D eigenvalue weighted by molar-refractivity contribution is -0.306. The molecule has 2 saturated carbocycles. The number of hydrogen-bond acceptors (Lipinski definition) is 13. The number of nitrogens with one attached hydrogen (secondary N) is 2. The number of ketones is 1. The molecule has 0 radical (unpaired) electrons. The maximum absolute atomic E-state index is 15.3. The third-order valence-electron chi connectivity index (χ3n) is 12.3. The van der Waals surface area contributed by atoms with Gasteiger partial charge in [0.2, 0.25) is 0 Å². The molecule has 5 aliphatic rings. The van der Waals surface area contributed by atoms with E-state index in [4.69, 9.17) is 23.7 Å². The second kappa shape index (κ2) is 14.7. The maximum Gasteiger partial charge on any atom is 0.338 e. The fourth-order valence-electron chi connectivity index (χ4n) is 9.36. The molecule has 0 unspecified atom stereocenters. The third kappa shape index (κ3) is 7.38. The van der Waals surface area contributed by atoms with Gasteiger partial charge in [-0.05, 0) is 76.7 Å². The van der Waals surface area contributed by atoms with Crippen molar-refractivity contribution in [3.05, 3.63) is 59.2 Å². The molecule has 1 aromatic carbocycles. The Balaban J connectivity index is 1.51. The molecule has 310 valence electrons. The minimum absolute atomic E-state index is 0.104. The Morgan fingerprint density at radius 1 is 0.965 bits per heavy atom. The lowest BCUT2D eigenvalue weighted by Gasteiger charge is -2.65. The zero-order valence-corrected chi connectivity index (χ0v) is 33.9. The number of aliphatic hydroxyl groups excluding tert-OH is 1. The Bertz CT molecular complexity index is 1900. The molecule has 2 bridgehead atoms. The monoisotopic (exact) mass is 794 g/mol. The summed E-state index contributed by atoms with van der Waals surface area (Å²) in [5, 5.41) is 30.5. The fourth-order valence-corrected chi connectivity index (χ4v) is 9.36. The maximum atomic E-state index is 15.3. The summed E-state index contributed by atoms with van der Waals surface area (Å²) in [4.78, 5) is 82.0. The molecule has 1 saturated heterocycles. The summed E-state index contributed by atoms with van der Waals surface area (Å²) in [5.41, 5.74) is -7.30. The van der Waals surface area contributed by atoms with E-state index in [1.54, 1.807) is 78.8 Å². The van der Waals surface area contributed by atoms with Crippen LogP contribution in [0.25, 0.3) is 0 Å². The van der Waals surface area contributed by atoms with E-state index in [0.717, 1.165) is 6.92 Å². The first-order chi connectivity index (χ1) is 26.5. The van der Waals surface area contributed by atoms with Crippen LogP contribution in [0.5, 0.6) is 0 Å².